The van der Waals surface area contributed by atoms with E-state index in [0.717, 1.165) is 17.0 Å². The molecule has 1 aliphatic rings. The summed E-state index contributed by atoms with van der Waals surface area (Å²) in [5.74, 6) is -0.504. The number of aryl methyl sites for hydroxylation is 1. The second-order valence-electron chi connectivity index (χ2n) is 4.84. The molecule has 1 aromatic rings. The first-order valence-electron chi connectivity index (χ1n) is 6.62. The van der Waals surface area contributed by atoms with Gasteiger partial charge in [-0.2, -0.15) is 0 Å². The number of esters is 1. The largest absolute Gasteiger partial charge is 0.469 e. The van der Waals surface area contributed by atoms with Crippen molar-refractivity contribution in [1.29, 1.82) is 0 Å². The Kier molecular flexibility index (Phi) is 5.13. The van der Waals surface area contributed by atoms with Crippen molar-refractivity contribution in [3.05, 3.63) is 20.7 Å². The number of thiazole rings is 1. The molecule has 1 atom stereocenters. The Morgan fingerprint density at radius 1 is 1.52 bits per heavy atom. The molecule has 0 spiro atoms. The Morgan fingerprint density at radius 3 is 2.90 bits per heavy atom. The minimum Gasteiger partial charge on any atom is -0.469 e. The van der Waals surface area contributed by atoms with Crippen LogP contribution < -0.4 is 4.87 Å². The molecule has 2 heterocycles. The lowest BCUT2D eigenvalue weighted by Gasteiger charge is -2.32. The molecule has 2 rings (SSSR count). The van der Waals surface area contributed by atoms with Crippen molar-refractivity contribution < 1.29 is 19.1 Å². The van der Waals surface area contributed by atoms with Crippen LogP contribution in [0.25, 0.3) is 0 Å². The number of methoxy groups -OCH3 is 1. The van der Waals surface area contributed by atoms with Crippen molar-refractivity contribution >= 4 is 23.2 Å². The number of ether oxygens (including phenoxy) is 2. The highest BCUT2D eigenvalue weighted by Gasteiger charge is 2.26. The van der Waals surface area contributed by atoms with Crippen LogP contribution in [-0.2, 0) is 25.6 Å². The van der Waals surface area contributed by atoms with Gasteiger partial charge in [0.15, 0.2) is 0 Å². The predicted molar refractivity (Wildman–Crippen MR) is 76.3 cm³/mol. The molecule has 7 nitrogen and oxygen atoms in total. The van der Waals surface area contributed by atoms with Gasteiger partial charge in [-0.15, -0.1) is 0 Å². The number of morpholine rings is 1. The number of hydrogen-bond acceptors (Lipinski definition) is 6. The molecule has 0 bridgehead atoms. The first-order valence-corrected chi connectivity index (χ1v) is 7.50. The van der Waals surface area contributed by atoms with Crippen molar-refractivity contribution in [2.75, 3.05) is 26.8 Å². The highest BCUT2D eigenvalue weighted by atomic mass is 32.1. The number of aromatic nitrogens is 1. The van der Waals surface area contributed by atoms with Gasteiger partial charge in [0.1, 0.15) is 6.54 Å². The van der Waals surface area contributed by atoms with Gasteiger partial charge < -0.3 is 14.4 Å². The second-order valence-corrected chi connectivity index (χ2v) is 5.66. The Hall–Kier alpha value is -1.67. The smallest absolute Gasteiger partial charge is 0.308 e. The van der Waals surface area contributed by atoms with E-state index in [1.165, 1.54) is 11.7 Å². The first-order chi connectivity index (χ1) is 10.0. The van der Waals surface area contributed by atoms with Crippen LogP contribution in [-0.4, -0.2) is 54.3 Å². The van der Waals surface area contributed by atoms with Gasteiger partial charge in [0.2, 0.25) is 5.91 Å². The van der Waals surface area contributed by atoms with Gasteiger partial charge in [-0.25, -0.2) is 0 Å². The summed E-state index contributed by atoms with van der Waals surface area (Å²) in [7, 11) is 1.32. The van der Waals surface area contributed by atoms with Gasteiger partial charge >= 0.3 is 10.8 Å². The number of hydrogen-bond donors (Lipinski definition) is 0. The average Bonchev–Trinajstić information content (AvgIpc) is 2.79. The van der Waals surface area contributed by atoms with E-state index in [0.29, 0.717) is 19.7 Å². The molecule has 21 heavy (non-hydrogen) atoms. The Labute approximate surface area is 126 Å². The maximum absolute atomic E-state index is 12.3. The van der Waals surface area contributed by atoms with Gasteiger partial charge in [0.25, 0.3) is 0 Å². The summed E-state index contributed by atoms with van der Waals surface area (Å²) in [6, 6.07) is 0. The molecule has 1 amide bonds. The number of amides is 1. The zero-order chi connectivity index (χ0) is 15.4. The molecule has 1 unspecified atom stereocenters. The van der Waals surface area contributed by atoms with Crippen molar-refractivity contribution in [1.82, 2.24) is 9.47 Å². The van der Waals surface area contributed by atoms with Crippen LogP contribution in [0.4, 0.5) is 0 Å². The van der Waals surface area contributed by atoms with Crippen LogP contribution in [0.5, 0.6) is 0 Å². The summed E-state index contributed by atoms with van der Waals surface area (Å²) in [5, 5.41) is 1.73. The molecule has 0 saturated carbocycles. The quantitative estimate of drug-likeness (QED) is 0.732. The number of nitrogens with zero attached hydrogens (tertiary/aromatic N) is 2. The fourth-order valence-corrected chi connectivity index (χ4v) is 2.90. The molecular formula is C13H18N2O5S. The number of rotatable bonds is 4. The molecular weight excluding hydrogens is 296 g/mol. The van der Waals surface area contributed by atoms with Gasteiger partial charge in [-0.1, -0.05) is 11.3 Å². The minimum absolute atomic E-state index is 0.0269. The van der Waals surface area contributed by atoms with E-state index < -0.39 is 0 Å². The number of carbonyl (C=O) groups excluding carboxylic acids is 2. The van der Waals surface area contributed by atoms with Crippen LogP contribution in [0.3, 0.4) is 0 Å². The monoisotopic (exact) mass is 314 g/mol. The Balaban J connectivity index is 1.96. The van der Waals surface area contributed by atoms with E-state index >= 15 is 0 Å². The van der Waals surface area contributed by atoms with E-state index in [2.05, 4.69) is 4.74 Å². The molecule has 0 aromatic carbocycles. The van der Waals surface area contributed by atoms with Crippen LogP contribution in [0.15, 0.2) is 10.2 Å². The standard InChI is InChI=1S/C13H18N2O5S/c1-9-8-21-13(18)15(9)7-11(16)14-3-4-20-10(6-14)5-12(17)19-2/h8,10H,3-7H2,1-2H3. The zero-order valence-corrected chi connectivity index (χ0v) is 12.9. The minimum atomic E-state index is -0.362. The van der Waals surface area contributed by atoms with Crippen molar-refractivity contribution in [3.63, 3.8) is 0 Å². The van der Waals surface area contributed by atoms with Gasteiger partial charge in [0.05, 0.1) is 26.2 Å². The summed E-state index contributed by atoms with van der Waals surface area (Å²) >= 11 is 1.08. The topological polar surface area (TPSA) is 77.8 Å². The maximum Gasteiger partial charge on any atom is 0.308 e. The highest BCUT2D eigenvalue weighted by Crippen LogP contribution is 2.11. The van der Waals surface area contributed by atoms with Crippen LogP contribution in [0, 0.1) is 6.92 Å². The molecule has 0 N–H and O–H groups in total. The van der Waals surface area contributed by atoms with Crippen LogP contribution in [0.1, 0.15) is 12.1 Å². The molecule has 0 radical (unpaired) electrons. The third-order valence-electron chi connectivity index (χ3n) is 3.38. The van der Waals surface area contributed by atoms with Gasteiger partial charge in [-0.3, -0.25) is 19.0 Å². The third kappa shape index (κ3) is 3.92. The summed E-state index contributed by atoms with van der Waals surface area (Å²) < 4.78 is 11.5. The normalized spacial score (nSPS) is 18.6. The Bertz CT molecular complexity index is 579. The average molecular weight is 314 g/mol. The Morgan fingerprint density at radius 2 is 2.29 bits per heavy atom. The van der Waals surface area contributed by atoms with Crippen LogP contribution >= 0.6 is 11.3 Å². The lowest BCUT2D eigenvalue weighted by molar-refractivity contribution is -0.150. The van der Waals surface area contributed by atoms with E-state index in [4.69, 9.17) is 4.74 Å². The summed E-state index contributed by atoms with van der Waals surface area (Å²) in [6.07, 6.45) is -0.229. The zero-order valence-electron chi connectivity index (χ0n) is 12.0. The molecule has 1 fully saturated rings. The second kappa shape index (κ2) is 6.86. The molecule has 1 aromatic heterocycles. The summed E-state index contributed by atoms with van der Waals surface area (Å²) in [4.78, 5) is 36.6. The molecule has 1 aliphatic heterocycles. The van der Waals surface area contributed by atoms with Crippen molar-refractivity contribution in [2.24, 2.45) is 0 Å². The maximum atomic E-state index is 12.3. The van der Waals surface area contributed by atoms with Crippen molar-refractivity contribution in [2.45, 2.75) is 26.0 Å². The number of carbonyl (C=O) groups is 2. The SMILES string of the molecule is COC(=O)CC1CN(C(=O)Cn2c(C)csc2=O)CCO1. The van der Waals surface area contributed by atoms with E-state index in [-0.39, 0.29) is 35.8 Å². The molecule has 0 aliphatic carbocycles. The molecule has 1 saturated heterocycles. The third-order valence-corrected chi connectivity index (χ3v) is 4.26. The predicted octanol–water partition coefficient (Wildman–Crippen LogP) is 0.00872. The van der Waals surface area contributed by atoms with Gasteiger partial charge in [-0.05, 0) is 6.92 Å². The fraction of sp³-hybridized carbons (Fsp3) is 0.615. The van der Waals surface area contributed by atoms with Crippen LogP contribution in [0.2, 0.25) is 0 Å². The molecule has 116 valence electrons. The lowest BCUT2D eigenvalue weighted by atomic mass is 10.2. The lowest BCUT2D eigenvalue weighted by Crippen LogP contribution is -2.47. The summed E-state index contributed by atoms with van der Waals surface area (Å²) in [6.45, 7) is 3.01. The van der Waals surface area contributed by atoms with E-state index in [9.17, 15) is 14.4 Å². The van der Waals surface area contributed by atoms with Crippen molar-refractivity contribution in [3.8, 4) is 0 Å². The highest BCUT2D eigenvalue weighted by molar-refractivity contribution is 7.07. The first kappa shape index (κ1) is 15.7. The van der Waals surface area contributed by atoms with E-state index in [1.54, 1.807) is 17.2 Å². The molecule has 8 heteroatoms. The summed E-state index contributed by atoms with van der Waals surface area (Å²) in [5.41, 5.74) is 0.776. The van der Waals surface area contributed by atoms with Gasteiger partial charge in [0, 0.05) is 24.2 Å². The van der Waals surface area contributed by atoms with E-state index in [1.807, 2.05) is 0 Å². The fourth-order valence-electron chi connectivity index (χ4n) is 2.17.